The molecule has 0 fully saturated rings. The van der Waals surface area contributed by atoms with Crippen molar-refractivity contribution in [1.82, 2.24) is 10.3 Å². The summed E-state index contributed by atoms with van der Waals surface area (Å²) in [4.78, 5) is 28.9. The Morgan fingerprint density at radius 2 is 1.89 bits per heavy atom. The van der Waals surface area contributed by atoms with Crippen LogP contribution in [0.15, 0.2) is 48.7 Å². The summed E-state index contributed by atoms with van der Waals surface area (Å²) < 4.78 is 26.7. The van der Waals surface area contributed by atoms with E-state index in [1.54, 1.807) is 6.20 Å². The number of benzene rings is 2. The number of aromatic amines is 1. The number of rotatable bonds is 5. The number of halogens is 2. The third-order valence-corrected chi connectivity index (χ3v) is 4.40. The lowest BCUT2D eigenvalue weighted by molar-refractivity contribution is -0.126. The first-order valence-electron chi connectivity index (χ1n) is 8.41. The molecule has 0 bridgehead atoms. The van der Waals surface area contributed by atoms with Gasteiger partial charge in [-0.1, -0.05) is 18.2 Å². The van der Waals surface area contributed by atoms with Gasteiger partial charge in [-0.3, -0.25) is 9.59 Å². The highest BCUT2D eigenvalue weighted by Crippen LogP contribution is 2.21. The summed E-state index contributed by atoms with van der Waals surface area (Å²) in [6.07, 6.45) is 2.06. The first-order valence-corrected chi connectivity index (χ1v) is 8.41. The Morgan fingerprint density at radius 1 is 1.15 bits per heavy atom. The van der Waals surface area contributed by atoms with Crippen molar-refractivity contribution in [3.8, 4) is 0 Å². The Hall–Kier alpha value is -3.22. The van der Waals surface area contributed by atoms with Crippen molar-refractivity contribution >= 4 is 28.4 Å². The van der Waals surface area contributed by atoms with E-state index in [9.17, 15) is 18.4 Å². The summed E-state index contributed by atoms with van der Waals surface area (Å²) in [5.41, 5.74) is 2.00. The summed E-state index contributed by atoms with van der Waals surface area (Å²) in [5.74, 6) is -2.81. The summed E-state index contributed by atoms with van der Waals surface area (Å²) in [6, 6.07) is 10.0. The highest BCUT2D eigenvalue weighted by Gasteiger charge is 2.25. The van der Waals surface area contributed by atoms with Gasteiger partial charge in [-0.2, -0.15) is 0 Å². The van der Waals surface area contributed by atoms with Gasteiger partial charge in [0.05, 0.1) is 0 Å². The normalized spacial score (nSPS) is 12.0. The number of nitrogens with zero attached hydrogens (tertiary/aromatic N) is 1. The number of carbonyl (C=O) groups is 2. The molecule has 2 N–H and O–H groups in total. The van der Waals surface area contributed by atoms with Crippen LogP contribution >= 0.6 is 0 Å². The van der Waals surface area contributed by atoms with E-state index in [1.807, 2.05) is 24.3 Å². The van der Waals surface area contributed by atoms with Crippen molar-refractivity contribution in [3.63, 3.8) is 0 Å². The first kappa shape index (κ1) is 18.6. The Labute approximate surface area is 155 Å². The van der Waals surface area contributed by atoms with Gasteiger partial charge in [0.15, 0.2) is 11.6 Å². The molecule has 0 saturated carbocycles. The van der Waals surface area contributed by atoms with Crippen LogP contribution in [0, 0.1) is 11.6 Å². The SMILES string of the molecule is CC(=O)NC(Cc1c[nH]c2ccccc12)C(=O)N(C)c1ccc(F)c(F)c1. The number of fused-ring (bicyclic) bond motifs is 1. The molecular formula is C20H19F2N3O2. The maximum atomic E-state index is 13.5. The lowest BCUT2D eigenvalue weighted by atomic mass is 10.0. The van der Waals surface area contributed by atoms with E-state index in [0.29, 0.717) is 0 Å². The number of nitrogens with one attached hydrogen (secondary N) is 2. The lowest BCUT2D eigenvalue weighted by Crippen LogP contribution is -2.48. The van der Waals surface area contributed by atoms with Crippen molar-refractivity contribution in [2.24, 2.45) is 0 Å². The van der Waals surface area contributed by atoms with Crippen LogP contribution in [-0.4, -0.2) is 29.9 Å². The van der Waals surface area contributed by atoms with Gasteiger partial charge in [0, 0.05) is 49.2 Å². The molecule has 3 aromatic rings. The Kier molecular flexibility index (Phi) is 5.21. The molecule has 3 rings (SSSR count). The molecule has 2 aromatic carbocycles. The van der Waals surface area contributed by atoms with Crippen LogP contribution in [-0.2, 0) is 16.0 Å². The van der Waals surface area contributed by atoms with Gasteiger partial charge < -0.3 is 15.2 Å². The number of hydrogen-bond acceptors (Lipinski definition) is 2. The molecule has 1 heterocycles. The zero-order valence-corrected chi connectivity index (χ0v) is 14.9. The Bertz CT molecular complexity index is 1000. The second-order valence-corrected chi connectivity index (χ2v) is 6.31. The number of carbonyl (C=O) groups excluding carboxylic acids is 2. The number of amides is 2. The molecule has 140 valence electrons. The minimum atomic E-state index is -1.04. The summed E-state index contributed by atoms with van der Waals surface area (Å²) in [6.45, 7) is 1.33. The van der Waals surface area contributed by atoms with Crippen LogP contribution < -0.4 is 10.2 Å². The number of anilines is 1. The maximum absolute atomic E-state index is 13.5. The zero-order chi connectivity index (χ0) is 19.6. The van der Waals surface area contributed by atoms with E-state index >= 15 is 0 Å². The number of aromatic nitrogens is 1. The summed E-state index contributed by atoms with van der Waals surface area (Å²) in [5, 5.41) is 3.60. The molecule has 7 heteroatoms. The second kappa shape index (κ2) is 7.57. The fourth-order valence-corrected chi connectivity index (χ4v) is 3.02. The molecule has 0 aliphatic carbocycles. The van der Waals surface area contributed by atoms with Crippen molar-refractivity contribution in [2.45, 2.75) is 19.4 Å². The summed E-state index contributed by atoms with van der Waals surface area (Å²) >= 11 is 0. The fraction of sp³-hybridized carbons (Fsp3) is 0.200. The van der Waals surface area contributed by atoms with Crippen LogP contribution in [0.4, 0.5) is 14.5 Å². The van der Waals surface area contributed by atoms with Gasteiger partial charge in [0.2, 0.25) is 11.8 Å². The van der Waals surface area contributed by atoms with Crippen LogP contribution in [0.1, 0.15) is 12.5 Å². The largest absolute Gasteiger partial charge is 0.361 e. The number of para-hydroxylation sites is 1. The van der Waals surface area contributed by atoms with Gasteiger partial charge in [-0.05, 0) is 23.8 Å². The standard InChI is InChI=1S/C20H19F2N3O2/c1-12(26)24-19(9-13-11-23-18-6-4-3-5-15(13)18)20(27)25(2)14-7-8-16(21)17(22)10-14/h3-8,10-11,19,23H,9H2,1-2H3,(H,24,26). The lowest BCUT2D eigenvalue weighted by Gasteiger charge is -2.24. The Balaban J connectivity index is 1.88. The topological polar surface area (TPSA) is 65.2 Å². The molecule has 1 aromatic heterocycles. The van der Waals surface area contributed by atoms with E-state index in [2.05, 4.69) is 10.3 Å². The third kappa shape index (κ3) is 3.97. The highest BCUT2D eigenvalue weighted by molar-refractivity contribution is 5.99. The Morgan fingerprint density at radius 3 is 2.59 bits per heavy atom. The summed E-state index contributed by atoms with van der Waals surface area (Å²) in [7, 11) is 1.46. The molecule has 0 spiro atoms. The maximum Gasteiger partial charge on any atom is 0.249 e. The van der Waals surface area contributed by atoms with Gasteiger partial charge in [0.1, 0.15) is 6.04 Å². The quantitative estimate of drug-likeness (QED) is 0.724. The molecule has 0 aliphatic heterocycles. The average molecular weight is 371 g/mol. The predicted molar refractivity (Wildman–Crippen MR) is 99.4 cm³/mol. The molecule has 1 atom stereocenters. The third-order valence-electron chi connectivity index (χ3n) is 4.40. The molecule has 1 unspecified atom stereocenters. The van der Waals surface area contributed by atoms with E-state index in [1.165, 1.54) is 24.9 Å². The first-order chi connectivity index (χ1) is 12.9. The molecule has 0 aliphatic rings. The molecular weight excluding hydrogens is 352 g/mol. The number of hydrogen-bond donors (Lipinski definition) is 2. The van der Waals surface area contributed by atoms with Crippen LogP contribution in [0.3, 0.4) is 0 Å². The zero-order valence-electron chi connectivity index (χ0n) is 14.9. The smallest absolute Gasteiger partial charge is 0.249 e. The van der Waals surface area contributed by atoms with Crippen LogP contribution in [0.5, 0.6) is 0 Å². The van der Waals surface area contributed by atoms with Gasteiger partial charge in [-0.25, -0.2) is 8.78 Å². The van der Waals surface area contributed by atoms with E-state index in [0.717, 1.165) is 28.6 Å². The fourth-order valence-electron chi connectivity index (χ4n) is 3.02. The van der Waals surface area contributed by atoms with Crippen LogP contribution in [0.2, 0.25) is 0 Å². The number of likely N-dealkylation sites (N-methyl/N-ethyl adjacent to an activating group) is 1. The minimum absolute atomic E-state index is 0.202. The van der Waals surface area contributed by atoms with E-state index in [4.69, 9.17) is 0 Å². The van der Waals surface area contributed by atoms with Crippen molar-refractivity contribution < 1.29 is 18.4 Å². The van der Waals surface area contributed by atoms with Gasteiger partial charge >= 0.3 is 0 Å². The van der Waals surface area contributed by atoms with E-state index in [-0.39, 0.29) is 18.0 Å². The predicted octanol–water partition coefficient (Wildman–Crippen LogP) is 3.16. The van der Waals surface area contributed by atoms with Gasteiger partial charge in [-0.15, -0.1) is 0 Å². The highest BCUT2D eigenvalue weighted by atomic mass is 19.2. The monoisotopic (exact) mass is 371 g/mol. The van der Waals surface area contributed by atoms with Crippen molar-refractivity contribution in [3.05, 3.63) is 65.9 Å². The molecule has 27 heavy (non-hydrogen) atoms. The second-order valence-electron chi connectivity index (χ2n) is 6.31. The van der Waals surface area contributed by atoms with Crippen molar-refractivity contribution in [1.29, 1.82) is 0 Å². The molecule has 0 saturated heterocycles. The van der Waals surface area contributed by atoms with Gasteiger partial charge in [0.25, 0.3) is 0 Å². The average Bonchev–Trinajstić information content (AvgIpc) is 3.05. The molecule has 0 radical (unpaired) electrons. The molecule has 5 nitrogen and oxygen atoms in total. The van der Waals surface area contributed by atoms with Crippen LogP contribution in [0.25, 0.3) is 10.9 Å². The van der Waals surface area contributed by atoms with E-state index < -0.39 is 23.6 Å². The molecule has 2 amide bonds. The minimum Gasteiger partial charge on any atom is -0.361 e. The number of H-pyrrole nitrogens is 1. The van der Waals surface area contributed by atoms with Crippen molar-refractivity contribution in [2.75, 3.05) is 11.9 Å².